The van der Waals surface area contributed by atoms with E-state index in [4.69, 9.17) is 0 Å². The summed E-state index contributed by atoms with van der Waals surface area (Å²) < 4.78 is 1.18. The molecule has 1 rings (SSSR count). The average Bonchev–Trinajstić information content (AvgIpc) is 2.34. The van der Waals surface area contributed by atoms with Gasteiger partial charge in [-0.1, -0.05) is 28.9 Å². The van der Waals surface area contributed by atoms with Crippen molar-refractivity contribution in [1.82, 2.24) is 5.32 Å². The highest BCUT2D eigenvalue weighted by Gasteiger charge is 2.12. The van der Waals surface area contributed by atoms with Crippen molar-refractivity contribution in [3.8, 4) is 0 Å². The minimum Gasteiger partial charge on any atom is -0.372 e. The van der Waals surface area contributed by atoms with Crippen LogP contribution in [0.15, 0.2) is 22.7 Å². The van der Waals surface area contributed by atoms with Crippen LogP contribution in [0.5, 0.6) is 0 Å². The van der Waals surface area contributed by atoms with Crippen molar-refractivity contribution >= 4 is 21.6 Å². The Hall–Kier alpha value is -0.540. The minimum absolute atomic E-state index is 0.144. The van der Waals surface area contributed by atoms with E-state index in [9.17, 15) is 0 Å². The molecule has 3 heteroatoms. The largest absolute Gasteiger partial charge is 0.372 e. The van der Waals surface area contributed by atoms with Crippen LogP contribution in [-0.2, 0) is 6.54 Å². The Morgan fingerprint density at radius 1 is 1.32 bits per heavy atom. The first-order valence-corrected chi connectivity index (χ1v) is 7.80. The normalized spacial score (nSPS) is 13.4. The van der Waals surface area contributed by atoms with Crippen LogP contribution in [0, 0.1) is 0 Å². The number of hydrogen-bond donors (Lipinski definition) is 1. The van der Waals surface area contributed by atoms with Crippen LogP contribution < -0.4 is 10.2 Å². The molecule has 0 saturated heterocycles. The number of hydrogen-bond acceptors (Lipinski definition) is 2. The number of rotatable bonds is 5. The summed E-state index contributed by atoms with van der Waals surface area (Å²) in [5.74, 6) is 0. The van der Waals surface area contributed by atoms with Crippen LogP contribution in [0.4, 0.5) is 5.69 Å². The molecule has 0 aliphatic carbocycles. The molecular formula is C16H27BrN2. The highest BCUT2D eigenvalue weighted by molar-refractivity contribution is 9.10. The van der Waals surface area contributed by atoms with Gasteiger partial charge < -0.3 is 10.2 Å². The maximum absolute atomic E-state index is 3.69. The Labute approximate surface area is 126 Å². The molecule has 0 fully saturated rings. The Kier molecular flexibility index (Phi) is 5.87. The van der Waals surface area contributed by atoms with Crippen LogP contribution in [0.1, 0.15) is 46.6 Å². The fourth-order valence-corrected chi connectivity index (χ4v) is 2.29. The molecule has 0 aliphatic heterocycles. The van der Waals surface area contributed by atoms with Crippen LogP contribution in [0.25, 0.3) is 0 Å². The van der Waals surface area contributed by atoms with E-state index in [1.54, 1.807) is 0 Å². The number of halogens is 1. The third-order valence-corrected chi connectivity index (χ3v) is 4.24. The van der Waals surface area contributed by atoms with Gasteiger partial charge in [-0.05, 0) is 51.8 Å². The van der Waals surface area contributed by atoms with E-state index in [0.717, 1.165) is 13.0 Å². The smallest absolute Gasteiger partial charge is 0.0377 e. The molecular weight excluding hydrogens is 300 g/mol. The van der Waals surface area contributed by atoms with E-state index in [-0.39, 0.29) is 5.54 Å². The van der Waals surface area contributed by atoms with Crippen LogP contribution in [0.3, 0.4) is 0 Å². The fraction of sp³-hybridized carbons (Fsp3) is 0.625. The summed E-state index contributed by atoms with van der Waals surface area (Å²) in [6.07, 6.45) is 1.15. The number of nitrogens with zero attached hydrogens (tertiary/aromatic N) is 1. The molecule has 1 N–H and O–H groups in total. The van der Waals surface area contributed by atoms with Gasteiger partial charge in [0.2, 0.25) is 0 Å². The summed E-state index contributed by atoms with van der Waals surface area (Å²) in [6, 6.07) is 7.19. The van der Waals surface area contributed by atoms with Gasteiger partial charge in [0.15, 0.2) is 0 Å². The van der Waals surface area contributed by atoms with Crippen molar-refractivity contribution in [2.45, 2.75) is 59.2 Å². The molecule has 0 bridgehead atoms. The zero-order chi connectivity index (χ0) is 14.6. The Morgan fingerprint density at radius 3 is 2.42 bits per heavy atom. The quantitative estimate of drug-likeness (QED) is 0.852. The van der Waals surface area contributed by atoms with Gasteiger partial charge in [0.25, 0.3) is 0 Å². The molecule has 0 heterocycles. The van der Waals surface area contributed by atoms with Crippen molar-refractivity contribution in [3.63, 3.8) is 0 Å². The molecule has 1 aromatic rings. The number of benzene rings is 1. The summed E-state index contributed by atoms with van der Waals surface area (Å²) >= 11 is 3.69. The highest BCUT2D eigenvalue weighted by atomic mass is 79.9. The summed E-state index contributed by atoms with van der Waals surface area (Å²) in [7, 11) is 2.16. The molecule has 0 radical (unpaired) electrons. The topological polar surface area (TPSA) is 15.3 Å². The zero-order valence-corrected chi connectivity index (χ0v) is 14.6. The van der Waals surface area contributed by atoms with Gasteiger partial charge in [-0.25, -0.2) is 0 Å². The lowest BCUT2D eigenvalue weighted by Crippen LogP contribution is -2.35. The van der Waals surface area contributed by atoms with E-state index < -0.39 is 0 Å². The van der Waals surface area contributed by atoms with Crippen molar-refractivity contribution in [2.75, 3.05) is 11.9 Å². The fourth-order valence-electron chi connectivity index (χ4n) is 1.79. The average molecular weight is 327 g/mol. The second-order valence-electron chi connectivity index (χ2n) is 6.25. The molecule has 1 atom stereocenters. The van der Waals surface area contributed by atoms with E-state index in [1.165, 1.54) is 15.7 Å². The standard InChI is InChI=1S/C16H27BrN2/c1-7-12(2)19(6)14-9-8-13(15(17)10-14)11-18-16(3,4)5/h8-10,12,18H,7,11H2,1-6H3. The lowest BCUT2D eigenvalue weighted by atomic mass is 10.1. The van der Waals surface area contributed by atoms with Crippen molar-refractivity contribution < 1.29 is 0 Å². The maximum Gasteiger partial charge on any atom is 0.0377 e. The second kappa shape index (κ2) is 6.76. The van der Waals surface area contributed by atoms with E-state index in [2.05, 4.69) is 86.0 Å². The Bertz CT molecular complexity index is 410. The van der Waals surface area contributed by atoms with Crippen molar-refractivity contribution in [2.24, 2.45) is 0 Å². The van der Waals surface area contributed by atoms with Crippen LogP contribution in [-0.4, -0.2) is 18.6 Å². The van der Waals surface area contributed by atoms with Gasteiger partial charge in [-0.15, -0.1) is 0 Å². The van der Waals surface area contributed by atoms with Crippen molar-refractivity contribution in [1.29, 1.82) is 0 Å². The third-order valence-electron chi connectivity index (χ3n) is 3.51. The molecule has 108 valence electrons. The first-order valence-electron chi connectivity index (χ1n) is 7.01. The predicted molar refractivity (Wildman–Crippen MR) is 88.9 cm³/mol. The Morgan fingerprint density at radius 2 is 1.95 bits per heavy atom. The van der Waals surface area contributed by atoms with E-state index >= 15 is 0 Å². The zero-order valence-electron chi connectivity index (χ0n) is 13.0. The van der Waals surface area contributed by atoms with Gasteiger partial charge in [-0.3, -0.25) is 0 Å². The lowest BCUT2D eigenvalue weighted by Gasteiger charge is -2.27. The van der Waals surface area contributed by atoms with Gasteiger partial charge >= 0.3 is 0 Å². The number of nitrogens with one attached hydrogen (secondary N) is 1. The summed E-state index contributed by atoms with van der Waals surface area (Å²) in [5, 5.41) is 3.52. The minimum atomic E-state index is 0.144. The molecule has 1 unspecified atom stereocenters. The van der Waals surface area contributed by atoms with Crippen LogP contribution in [0.2, 0.25) is 0 Å². The Balaban J connectivity index is 2.80. The summed E-state index contributed by atoms with van der Waals surface area (Å²) in [5.41, 5.74) is 2.71. The van der Waals surface area contributed by atoms with Gasteiger partial charge in [0.1, 0.15) is 0 Å². The first kappa shape index (κ1) is 16.5. The van der Waals surface area contributed by atoms with Gasteiger partial charge in [0.05, 0.1) is 0 Å². The summed E-state index contributed by atoms with van der Waals surface area (Å²) in [6.45, 7) is 11.9. The van der Waals surface area contributed by atoms with E-state index in [0.29, 0.717) is 6.04 Å². The monoisotopic (exact) mass is 326 g/mol. The van der Waals surface area contributed by atoms with Gasteiger partial charge in [-0.2, -0.15) is 0 Å². The first-order chi connectivity index (χ1) is 8.74. The molecule has 0 amide bonds. The summed E-state index contributed by atoms with van der Waals surface area (Å²) in [4.78, 5) is 2.33. The molecule has 1 aromatic carbocycles. The molecule has 0 aromatic heterocycles. The highest BCUT2D eigenvalue weighted by Crippen LogP contribution is 2.25. The molecule has 0 aliphatic rings. The van der Waals surface area contributed by atoms with Gasteiger partial charge in [0, 0.05) is 35.3 Å². The molecule has 19 heavy (non-hydrogen) atoms. The third kappa shape index (κ3) is 5.15. The van der Waals surface area contributed by atoms with Crippen LogP contribution >= 0.6 is 15.9 Å². The lowest BCUT2D eigenvalue weighted by molar-refractivity contribution is 0.424. The molecule has 0 saturated carbocycles. The van der Waals surface area contributed by atoms with Crippen molar-refractivity contribution in [3.05, 3.63) is 28.2 Å². The van der Waals surface area contributed by atoms with E-state index in [1.807, 2.05) is 0 Å². The predicted octanol–water partition coefficient (Wildman–Crippen LogP) is 4.57. The molecule has 2 nitrogen and oxygen atoms in total. The second-order valence-corrected chi connectivity index (χ2v) is 7.10. The molecule has 0 spiro atoms. The maximum atomic E-state index is 3.69. The number of anilines is 1. The SMILES string of the molecule is CCC(C)N(C)c1ccc(CNC(C)(C)C)c(Br)c1.